The largest absolute Gasteiger partial charge is 0.246 e. The van der Waals surface area contributed by atoms with E-state index in [-0.39, 0.29) is 0 Å². The van der Waals surface area contributed by atoms with Crippen molar-refractivity contribution in [2.45, 2.75) is 26.2 Å². The summed E-state index contributed by atoms with van der Waals surface area (Å²) >= 11 is 0. The molecule has 2 rings (SSSR count). The van der Waals surface area contributed by atoms with E-state index in [2.05, 4.69) is 38.1 Å². The van der Waals surface area contributed by atoms with E-state index in [9.17, 15) is 0 Å². The van der Waals surface area contributed by atoms with E-state index < -0.39 is 0 Å². The summed E-state index contributed by atoms with van der Waals surface area (Å²) in [6.07, 6.45) is 1.12. The molecule has 17 heavy (non-hydrogen) atoms. The van der Waals surface area contributed by atoms with Gasteiger partial charge >= 0.3 is 0 Å². The van der Waals surface area contributed by atoms with Crippen LogP contribution in [0, 0.1) is 0 Å². The molecule has 90 valence electrons. The molecule has 1 unspecified atom stereocenters. The Morgan fingerprint density at radius 2 is 1.71 bits per heavy atom. The maximum atomic E-state index is 5.65. The molecule has 0 bridgehead atoms. The standard InChI is InChI=1S/C14H19N3/c1-3-10(2)11-6-4-8-13-12(11)7-5-9-14(13)17(15)16/h4-10H,3,15-16H2,1-2H3. The number of hydrazine groups is 2. The highest BCUT2D eigenvalue weighted by Crippen LogP contribution is 2.31. The summed E-state index contributed by atoms with van der Waals surface area (Å²) in [5.74, 6) is 11.8. The van der Waals surface area contributed by atoms with Crippen LogP contribution in [0.25, 0.3) is 10.8 Å². The predicted octanol–water partition coefficient (Wildman–Crippen LogP) is 2.91. The quantitative estimate of drug-likeness (QED) is 0.628. The van der Waals surface area contributed by atoms with E-state index in [0.29, 0.717) is 5.92 Å². The number of benzene rings is 2. The highest BCUT2D eigenvalue weighted by Gasteiger charge is 2.10. The lowest BCUT2D eigenvalue weighted by molar-refractivity contribution is 0.739. The molecule has 0 fully saturated rings. The van der Waals surface area contributed by atoms with Crippen molar-refractivity contribution in [3.8, 4) is 0 Å². The van der Waals surface area contributed by atoms with Gasteiger partial charge in [-0.1, -0.05) is 44.2 Å². The predicted molar refractivity (Wildman–Crippen MR) is 73.5 cm³/mol. The van der Waals surface area contributed by atoms with Crippen molar-refractivity contribution in [3.05, 3.63) is 42.0 Å². The molecule has 3 heteroatoms. The van der Waals surface area contributed by atoms with Gasteiger partial charge in [0.2, 0.25) is 0 Å². The number of hydrogen-bond acceptors (Lipinski definition) is 3. The summed E-state index contributed by atoms with van der Waals surface area (Å²) in [5.41, 5.74) is 2.21. The fourth-order valence-electron chi connectivity index (χ4n) is 2.19. The first-order valence-corrected chi connectivity index (χ1v) is 5.96. The fraction of sp³-hybridized carbons (Fsp3) is 0.286. The van der Waals surface area contributed by atoms with Crippen LogP contribution in [0.1, 0.15) is 31.7 Å². The average Bonchev–Trinajstić information content (AvgIpc) is 2.36. The molecule has 0 radical (unpaired) electrons. The zero-order valence-corrected chi connectivity index (χ0v) is 10.4. The third-order valence-corrected chi connectivity index (χ3v) is 3.35. The van der Waals surface area contributed by atoms with E-state index in [1.807, 2.05) is 12.1 Å². The van der Waals surface area contributed by atoms with Crippen LogP contribution in [-0.4, -0.2) is 0 Å². The van der Waals surface area contributed by atoms with Gasteiger partial charge in [-0.3, -0.25) is 0 Å². The van der Waals surface area contributed by atoms with Crippen molar-refractivity contribution >= 4 is 16.5 Å². The van der Waals surface area contributed by atoms with E-state index >= 15 is 0 Å². The first-order valence-electron chi connectivity index (χ1n) is 5.96. The SMILES string of the molecule is CCC(C)c1cccc2c(N(N)N)cccc12. The zero-order valence-electron chi connectivity index (χ0n) is 10.4. The van der Waals surface area contributed by atoms with Crippen molar-refractivity contribution in [2.24, 2.45) is 11.7 Å². The van der Waals surface area contributed by atoms with Crippen LogP contribution in [-0.2, 0) is 0 Å². The lowest BCUT2D eigenvalue weighted by Crippen LogP contribution is -2.37. The Hall–Kier alpha value is -1.58. The topological polar surface area (TPSA) is 55.3 Å². The molecule has 4 N–H and O–H groups in total. The second-order valence-corrected chi connectivity index (χ2v) is 4.44. The number of nitrogens with two attached hydrogens (primary N) is 2. The molecule has 0 amide bonds. The first kappa shape index (κ1) is 11.9. The van der Waals surface area contributed by atoms with E-state index in [4.69, 9.17) is 11.7 Å². The van der Waals surface area contributed by atoms with Crippen molar-refractivity contribution < 1.29 is 0 Å². The summed E-state index contributed by atoms with van der Waals surface area (Å²) in [7, 11) is 0. The molecule has 2 aromatic rings. The smallest absolute Gasteiger partial charge is 0.0775 e. The van der Waals surface area contributed by atoms with Gasteiger partial charge in [0, 0.05) is 5.39 Å². The molecule has 0 saturated heterocycles. The number of fused-ring (bicyclic) bond motifs is 1. The Morgan fingerprint density at radius 3 is 2.35 bits per heavy atom. The molecule has 1 atom stereocenters. The summed E-state index contributed by atoms with van der Waals surface area (Å²) < 4.78 is 0. The number of hydrogen-bond donors (Lipinski definition) is 2. The highest BCUT2D eigenvalue weighted by molar-refractivity contribution is 5.96. The monoisotopic (exact) mass is 229 g/mol. The molecular weight excluding hydrogens is 210 g/mol. The van der Waals surface area contributed by atoms with Crippen molar-refractivity contribution in [3.63, 3.8) is 0 Å². The highest BCUT2D eigenvalue weighted by atomic mass is 15.6. The van der Waals surface area contributed by atoms with Gasteiger partial charge in [-0.15, -0.1) is 0 Å². The molecule has 0 aliphatic carbocycles. The summed E-state index contributed by atoms with van der Waals surface area (Å²) in [6.45, 7) is 4.44. The van der Waals surface area contributed by atoms with Crippen molar-refractivity contribution in [1.82, 2.24) is 0 Å². The fourth-order valence-corrected chi connectivity index (χ4v) is 2.19. The van der Waals surface area contributed by atoms with Crippen LogP contribution < -0.4 is 16.8 Å². The maximum absolute atomic E-state index is 5.65. The normalized spacial score (nSPS) is 12.7. The van der Waals surface area contributed by atoms with Crippen LogP contribution in [0.15, 0.2) is 36.4 Å². The molecule has 0 aromatic heterocycles. The van der Waals surface area contributed by atoms with E-state index in [0.717, 1.165) is 17.5 Å². The average molecular weight is 229 g/mol. The second-order valence-electron chi connectivity index (χ2n) is 4.44. The third-order valence-electron chi connectivity index (χ3n) is 3.35. The molecule has 2 aromatic carbocycles. The van der Waals surface area contributed by atoms with Gasteiger partial charge < -0.3 is 0 Å². The van der Waals surface area contributed by atoms with Crippen LogP contribution in [0.4, 0.5) is 5.69 Å². The Balaban J connectivity index is 2.70. The van der Waals surface area contributed by atoms with Crippen molar-refractivity contribution in [2.75, 3.05) is 5.12 Å². The molecule has 0 spiro atoms. The van der Waals surface area contributed by atoms with Crippen molar-refractivity contribution in [1.29, 1.82) is 0 Å². The molecule has 3 nitrogen and oxygen atoms in total. The molecule has 0 aliphatic heterocycles. The van der Waals surface area contributed by atoms with Gasteiger partial charge in [0.25, 0.3) is 0 Å². The third kappa shape index (κ3) is 2.12. The van der Waals surface area contributed by atoms with Crippen LogP contribution in [0.2, 0.25) is 0 Å². The van der Waals surface area contributed by atoms with Gasteiger partial charge in [-0.2, -0.15) is 0 Å². The number of rotatable bonds is 3. The first-order chi connectivity index (χ1) is 8.15. The summed E-state index contributed by atoms with van der Waals surface area (Å²) in [4.78, 5) is 0. The van der Waals surface area contributed by atoms with Gasteiger partial charge in [0.1, 0.15) is 0 Å². The van der Waals surface area contributed by atoms with Crippen LogP contribution >= 0.6 is 0 Å². The van der Waals surface area contributed by atoms with Crippen LogP contribution in [0.5, 0.6) is 0 Å². The van der Waals surface area contributed by atoms with Gasteiger partial charge in [0.15, 0.2) is 0 Å². The summed E-state index contributed by atoms with van der Waals surface area (Å²) in [6, 6.07) is 12.4. The Labute approximate surface area is 102 Å². The molecule has 0 aliphatic rings. The Kier molecular flexibility index (Phi) is 3.31. The lowest BCUT2D eigenvalue weighted by atomic mass is 9.92. The Bertz CT molecular complexity index is 520. The maximum Gasteiger partial charge on any atom is 0.0775 e. The Morgan fingerprint density at radius 1 is 1.06 bits per heavy atom. The number of anilines is 1. The lowest BCUT2D eigenvalue weighted by Gasteiger charge is -2.17. The van der Waals surface area contributed by atoms with E-state index in [1.165, 1.54) is 16.1 Å². The second kappa shape index (κ2) is 4.73. The molecular formula is C14H19N3. The zero-order chi connectivity index (χ0) is 12.4. The minimum absolute atomic E-state index is 0.540. The minimum Gasteiger partial charge on any atom is -0.246 e. The summed E-state index contributed by atoms with van der Waals surface area (Å²) in [5, 5.41) is 3.53. The van der Waals surface area contributed by atoms with Gasteiger partial charge in [-0.25, -0.2) is 16.8 Å². The number of nitrogens with zero attached hydrogens (tertiary/aromatic N) is 1. The molecule has 0 saturated carbocycles. The molecule has 0 heterocycles. The minimum atomic E-state index is 0.540. The van der Waals surface area contributed by atoms with Gasteiger partial charge in [-0.05, 0) is 29.4 Å². The van der Waals surface area contributed by atoms with Crippen LogP contribution in [0.3, 0.4) is 0 Å². The van der Waals surface area contributed by atoms with Gasteiger partial charge in [0.05, 0.1) is 5.69 Å². The van der Waals surface area contributed by atoms with E-state index in [1.54, 1.807) is 0 Å².